The summed E-state index contributed by atoms with van der Waals surface area (Å²) in [6, 6.07) is 4.03. The molecule has 0 radical (unpaired) electrons. The van der Waals surface area contributed by atoms with Crippen LogP contribution in [0.3, 0.4) is 0 Å². The van der Waals surface area contributed by atoms with Gasteiger partial charge < -0.3 is 10.4 Å². The van der Waals surface area contributed by atoms with Gasteiger partial charge in [0, 0.05) is 11.6 Å². The minimum Gasteiger partial charge on any atom is -0.393 e. The SMILES string of the molecule is CC(NCC1CCCC(O)C1)c1cccc(F)c1F. The Labute approximate surface area is 112 Å². The maximum Gasteiger partial charge on any atom is 0.163 e. The summed E-state index contributed by atoms with van der Waals surface area (Å²) in [4.78, 5) is 0. The van der Waals surface area contributed by atoms with E-state index in [1.165, 1.54) is 6.07 Å². The number of rotatable bonds is 4. The lowest BCUT2D eigenvalue weighted by atomic mass is 9.87. The van der Waals surface area contributed by atoms with Crippen LogP contribution in [0, 0.1) is 17.6 Å². The first kappa shape index (κ1) is 14.4. The highest BCUT2D eigenvalue weighted by atomic mass is 19.2. The molecule has 0 heterocycles. The van der Waals surface area contributed by atoms with Gasteiger partial charge in [-0.3, -0.25) is 0 Å². The van der Waals surface area contributed by atoms with Gasteiger partial charge in [0.1, 0.15) is 0 Å². The Morgan fingerprint density at radius 2 is 2.16 bits per heavy atom. The third kappa shape index (κ3) is 3.74. The molecule has 3 atom stereocenters. The van der Waals surface area contributed by atoms with E-state index < -0.39 is 11.6 Å². The van der Waals surface area contributed by atoms with E-state index >= 15 is 0 Å². The fraction of sp³-hybridized carbons (Fsp3) is 0.600. The van der Waals surface area contributed by atoms with Crippen molar-refractivity contribution in [1.82, 2.24) is 5.32 Å². The van der Waals surface area contributed by atoms with Crippen molar-refractivity contribution in [3.05, 3.63) is 35.4 Å². The first-order chi connectivity index (χ1) is 9.08. The zero-order valence-electron chi connectivity index (χ0n) is 11.2. The molecule has 2 rings (SSSR count). The number of hydrogen-bond acceptors (Lipinski definition) is 2. The molecule has 0 saturated heterocycles. The normalized spacial score (nSPS) is 25.3. The van der Waals surface area contributed by atoms with Crippen LogP contribution < -0.4 is 5.32 Å². The van der Waals surface area contributed by atoms with Crippen molar-refractivity contribution < 1.29 is 13.9 Å². The molecule has 0 aliphatic heterocycles. The first-order valence-corrected chi connectivity index (χ1v) is 6.93. The molecule has 2 N–H and O–H groups in total. The molecule has 1 aliphatic carbocycles. The van der Waals surface area contributed by atoms with Crippen molar-refractivity contribution in [2.75, 3.05) is 6.54 Å². The molecular formula is C15H21F2NO. The van der Waals surface area contributed by atoms with Gasteiger partial charge in [-0.2, -0.15) is 0 Å². The van der Waals surface area contributed by atoms with Gasteiger partial charge in [0.25, 0.3) is 0 Å². The van der Waals surface area contributed by atoms with Crippen LogP contribution in [0.2, 0.25) is 0 Å². The lowest BCUT2D eigenvalue weighted by molar-refractivity contribution is 0.0997. The molecule has 1 fully saturated rings. The van der Waals surface area contributed by atoms with Crippen LogP contribution in [0.1, 0.15) is 44.2 Å². The van der Waals surface area contributed by atoms with Gasteiger partial charge in [-0.15, -0.1) is 0 Å². The standard InChI is InChI=1S/C15H21F2NO/c1-10(13-6-3-7-14(16)15(13)17)18-9-11-4-2-5-12(19)8-11/h3,6-7,10-12,18-19H,2,4-5,8-9H2,1H3. The second-order valence-electron chi connectivity index (χ2n) is 5.46. The predicted octanol–water partition coefficient (Wildman–Crippen LogP) is 3.17. The highest BCUT2D eigenvalue weighted by Gasteiger charge is 2.21. The number of aliphatic hydroxyl groups excluding tert-OH is 1. The van der Waals surface area contributed by atoms with E-state index in [1.807, 2.05) is 6.92 Å². The Bertz CT molecular complexity index is 425. The largest absolute Gasteiger partial charge is 0.393 e. The van der Waals surface area contributed by atoms with Gasteiger partial charge in [0.2, 0.25) is 0 Å². The van der Waals surface area contributed by atoms with Gasteiger partial charge in [0.05, 0.1) is 6.10 Å². The lowest BCUT2D eigenvalue weighted by Crippen LogP contribution is -2.31. The summed E-state index contributed by atoms with van der Waals surface area (Å²) in [6.07, 6.45) is 3.59. The zero-order valence-corrected chi connectivity index (χ0v) is 11.2. The van der Waals surface area contributed by atoms with Gasteiger partial charge >= 0.3 is 0 Å². The number of halogens is 2. The maximum absolute atomic E-state index is 13.6. The van der Waals surface area contributed by atoms with Gasteiger partial charge in [-0.25, -0.2) is 8.78 Å². The minimum absolute atomic E-state index is 0.207. The quantitative estimate of drug-likeness (QED) is 0.880. The second-order valence-corrected chi connectivity index (χ2v) is 5.46. The van der Waals surface area contributed by atoms with Gasteiger partial charge in [-0.05, 0) is 44.7 Å². The Hall–Kier alpha value is -1.00. The number of hydrogen-bond donors (Lipinski definition) is 2. The number of nitrogens with one attached hydrogen (secondary N) is 1. The highest BCUT2D eigenvalue weighted by Crippen LogP contribution is 2.25. The second kappa shape index (κ2) is 6.44. The highest BCUT2D eigenvalue weighted by molar-refractivity contribution is 5.21. The van der Waals surface area contributed by atoms with Crippen LogP contribution in [0.4, 0.5) is 8.78 Å². The fourth-order valence-electron chi connectivity index (χ4n) is 2.76. The van der Waals surface area contributed by atoms with Crippen molar-refractivity contribution in [1.29, 1.82) is 0 Å². The number of benzene rings is 1. The predicted molar refractivity (Wildman–Crippen MR) is 70.7 cm³/mol. The zero-order chi connectivity index (χ0) is 13.8. The van der Waals surface area contributed by atoms with Crippen molar-refractivity contribution >= 4 is 0 Å². The molecule has 19 heavy (non-hydrogen) atoms. The molecule has 1 aromatic carbocycles. The van der Waals surface area contributed by atoms with E-state index in [4.69, 9.17) is 0 Å². The topological polar surface area (TPSA) is 32.3 Å². The van der Waals surface area contributed by atoms with Crippen LogP contribution in [0.5, 0.6) is 0 Å². The average Bonchev–Trinajstić information content (AvgIpc) is 2.39. The third-order valence-electron chi connectivity index (χ3n) is 3.92. The summed E-state index contributed by atoms with van der Waals surface area (Å²) < 4.78 is 26.8. The fourth-order valence-corrected chi connectivity index (χ4v) is 2.76. The van der Waals surface area contributed by atoms with Crippen molar-refractivity contribution in [2.24, 2.45) is 5.92 Å². The summed E-state index contributed by atoms with van der Waals surface area (Å²) >= 11 is 0. The van der Waals surface area contributed by atoms with Crippen LogP contribution in [0.15, 0.2) is 18.2 Å². The van der Waals surface area contributed by atoms with E-state index in [2.05, 4.69) is 5.32 Å². The smallest absolute Gasteiger partial charge is 0.163 e. The van der Waals surface area contributed by atoms with Crippen LogP contribution in [0.25, 0.3) is 0 Å². The maximum atomic E-state index is 13.6. The Morgan fingerprint density at radius 1 is 1.37 bits per heavy atom. The molecule has 2 nitrogen and oxygen atoms in total. The van der Waals surface area contributed by atoms with Gasteiger partial charge in [0.15, 0.2) is 11.6 Å². The van der Waals surface area contributed by atoms with Gasteiger partial charge in [-0.1, -0.05) is 18.6 Å². The average molecular weight is 269 g/mol. The summed E-state index contributed by atoms with van der Waals surface area (Å²) in [5.41, 5.74) is 0.358. The molecule has 4 heteroatoms. The molecule has 1 aromatic rings. The summed E-state index contributed by atoms with van der Waals surface area (Å²) in [6.45, 7) is 2.56. The third-order valence-corrected chi connectivity index (χ3v) is 3.92. The van der Waals surface area contributed by atoms with Crippen LogP contribution in [-0.2, 0) is 0 Å². The molecule has 0 spiro atoms. The molecular weight excluding hydrogens is 248 g/mol. The summed E-state index contributed by atoms with van der Waals surface area (Å²) in [5, 5.41) is 12.8. The Kier molecular flexibility index (Phi) is 4.88. The van der Waals surface area contributed by atoms with E-state index in [9.17, 15) is 13.9 Å². The van der Waals surface area contributed by atoms with Crippen molar-refractivity contribution in [2.45, 2.75) is 44.8 Å². The molecule has 3 unspecified atom stereocenters. The summed E-state index contributed by atoms with van der Waals surface area (Å²) in [5.74, 6) is -1.16. The summed E-state index contributed by atoms with van der Waals surface area (Å²) in [7, 11) is 0. The molecule has 0 aromatic heterocycles. The lowest BCUT2D eigenvalue weighted by Gasteiger charge is -2.27. The molecule has 1 aliphatic rings. The Morgan fingerprint density at radius 3 is 2.89 bits per heavy atom. The van der Waals surface area contributed by atoms with E-state index in [-0.39, 0.29) is 12.1 Å². The molecule has 1 saturated carbocycles. The minimum atomic E-state index is -0.806. The van der Waals surface area contributed by atoms with E-state index in [0.717, 1.165) is 38.3 Å². The van der Waals surface area contributed by atoms with E-state index in [1.54, 1.807) is 6.07 Å². The Balaban J connectivity index is 1.90. The molecule has 0 amide bonds. The molecule has 0 bridgehead atoms. The van der Waals surface area contributed by atoms with Crippen LogP contribution >= 0.6 is 0 Å². The van der Waals surface area contributed by atoms with Crippen molar-refractivity contribution in [3.63, 3.8) is 0 Å². The molecule has 106 valence electrons. The van der Waals surface area contributed by atoms with Crippen LogP contribution in [-0.4, -0.2) is 17.8 Å². The first-order valence-electron chi connectivity index (χ1n) is 6.93. The van der Waals surface area contributed by atoms with Crippen molar-refractivity contribution in [3.8, 4) is 0 Å². The number of aliphatic hydroxyl groups is 1. The van der Waals surface area contributed by atoms with E-state index in [0.29, 0.717) is 11.5 Å². The monoisotopic (exact) mass is 269 g/mol.